The fourth-order valence-electron chi connectivity index (χ4n) is 7.23. The minimum atomic E-state index is 0.577. The second-order valence-electron chi connectivity index (χ2n) is 15.1. The molecule has 0 amide bonds. The quantitative estimate of drug-likeness (QED) is 0.0710. The number of unbranched alkanes of at least 4 members (excludes halogenated alkanes) is 2. The molecule has 3 aromatic carbocycles. The molecule has 0 bridgehead atoms. The summed E-state index contributed by atoms with van der Waals surface area (Å²) < 4.78 is 15.7. The predicted molar refractivity (Wildman–Crippen MR) is 268 cm³/mol. The van der Waals surface area contributed by atoms with Gasteiger partial charge in [-0.2, -0.15) is 0 Å². The van der Waals surface area contributed by atoms with Crippen LogP contribution in [0.15, 0.2) is 82.6 Å². The third kappa shape index (κ3) is 24.1. The maximum absolute atomic E-state index is 8.55. The van der Waals surface area contributed by atoms with Gasteiger partial charge < -0.3 is 18.7 Å². The second kappa shape index (κ2) is 36.8. The highest BCUT2D eigenvalue weighted by molar-refractivity contribution is 7.99. The maximum Gasteiger partial charge on any atom is 0.119 e. The van der Waals surface area contributed by atoms with Crippen LogP contribution in [0.25, 0.3) is 0 Å². The Morgan fingerprint density at radius 2 is 1.37 bits per heavy atom. The number of hydrogen-bond acceptors (Lipinski definition) is 6. The van der Waals surface area contributed by atoms with Crippen molar-refractivity contribution in [3.05, 3.63) is 83.9 Å². The molecule has 0 aliphatic carbocycles. The molecule has 0 unspecified atom stereocenters. The molecule has 332 valence electrons. The van der Waals surface area contributed by atoms with Gasteiger partial charge in [0.25, 0.3) is 0 Å². The Hall–Kier alpha value is -3.04. The van der Waals surface area contributed by atoms with E-state index in [9.17, 15) is 0 Å². The van der Waals surface area contributed by atoms with Crippen molar-refractivity contribution in [2.75, 3.05) is 77.7 Å². The summed E-state index contributed by atoms with van der Waals surface area (Å²) in [6.45, 7) is 25.5. The average molecular weight is 849 g/mol. The lowest BCUT2D eigenvalue weighted by molar-refractivity contribution is -0.932. The molecule has 59 heavy (non-hydrogen) atoms. The number of anilines is 1. The van der Waals surface area contributed by atoms with Crippen molar-refractivity contribution in [3.8, 4) is 31.4 Å². The first-order valence-electron chi connectivity index (χ1n) is 22.4. The van der Waals surface area contributed by atoms with Crippen molar-refractivity contribution in [1.82, 2.24) is 4.90 Å². The number of fused-ring (bicyclic) bond motifs is 1. The Balaban J connectivity index is 0. The van der Waals surface area contributed by atoms with Gasteiger partial charge in [-0.3, -0.25) is 4.90 Å². The number of aryl methyl sites for hydroxylation is 2. The standard InChI is InChI=1S/C20H33NS.C17H29N2O.C7H8OS.2C2H6.2C2H2/c1-5-7-12-20(13-8-6-2)14-11-17-15-18(21(3)4)9-10-19(17)22-16-20;1-3-12-19(14-10-18(2)11-15-19)13-7-16-20-17-8-5-4-6-9-17;1-6-2-4-7(9-8)5-3-6;4*1-2/h9-10,15H,5-8,11-14,16H2,1-4H3;4-6,8-9H,3,7,10-16H2,1-2H3;2-5,8H,1H3;2*1-2H3;2*1-2H/q;+1;;;;;. The van der Waals surface area contributed by atoms with E-state index < -0.39 is 0 Å². The number of rotatable bonds is 15. The Morgan fingerprint density at radius 3 is 1.88 bits per heavy atom. The molecule has 0 spiro atoms. The Bertz CT molecular complexity index is 1420. The van der Waals surface area contributed by atoms with Gasteiger partial charge in [-0.1, -0.05) is 110 Å². The fraction of sp³-hybridized carbons (Fsp3) is 0.577. The van der Waals surface area contributed by atoms with Crippen LogP contribution in [0.2, 0.25) is 0 Å². The van der Waals surface area contributed by atoms with Crippen LogP contribution >= 0.6 is 23.8 Å². The lowest BCUT2D eigenvalue weighted by Gasteiger charge is -2.44. The second-order valence-corrected chi connectivity index (χ2v) is 16.8. The summed E-state index contributed by atoms with van der Waals surface area (Å²) in [6, 6.07) is 24.9. The van der Waals surface area contributed by atoms with E-state index >= 15 is 0 Å². The van der Waals surface area contributed by atoms with Gasteiger partial charge in [-0.15, -0.1) is 37.5 Å². The fourth-order valence-corrected chi connectivity index (χ4v) is 8.90. The molecule has 0 aromatic heterocycles. The van der Waals surface area contributed by atoms with E-state index in [0.29, 0.717) is 5.41 Å². The third-order valence-electron chi connectivity index (χ3n) is 10.7. The van der Waals surface area contributed by atoms with Crippen molar-refractivity contribution in [1.29, 1.82) is 0 Å². The highest BCUT2D eigenvalue weighted by Crippen LogP contribution is 2.45. The highest BCUT2D eigenvalue weighted by Gasteiger charge is 2.32. The molecule has 5 nitrogen and oxygen atoms in total. The molecule has 0 radical (unpaired) electrons. The Labute approximate surface area is 374 Å². The van der Waals surface area contributed by atoms with E-state index in [1.807, 2.05) is 89.2 Å². The molecule has 7 heteroatoms. The van der Waals surface area contributed by atoms with Crippen molar-refractivity contribution in [2.45, 2.75) is 129 Å². The molecule has 1 N–H and O–H groups in total. The first-order valence-corrected chi connectivity index (χ1v) is 24.1. The number of thioether (sulfide) groups is 1. The molecule has 0 atom stereocenters. The summed E-state index contributed by atoms with van der Waals surface area (Å²) in [5.41, 5.74) is 4.71. The van der Waals surface area contributed by atoms with Gasteiger partial charge in [0.1, 0.15) is 5.75 Å². The van der Waals surface area contributed by atoms with Crippen LogP contribution in [-0.4, -0.2) is 86.7 Å². The van der Waals surface area contributed by atoms with E-state index in [4.69, 9.17) is 9.29 Å². The monoisotopic (exact) mass is 849 g/mol. The Kier molecular flexibility index (Phi) is 36.2. The van der Waals surface area contributed by atoms with Gasteiger partial charge in [0.15, 0.2) is 0 Å². The van der Waals surface area contributed by atoms with Crippen LogP contribution in [0, 0.1) is 38.0 Å². The molecule has 3 aromatic rings. The van der Waals surface area contributed by atoms with Crippen molar-refractivity contribution in [2.24, 2.45) is 5.41 Å². The highest BCUT2D eigenvalue weighted by atomic mass is 32.2. The zero-order chi connectivity index (χ0) is 45.0. The van der Waals surface area contributed by atoms with Crippen LogP contribution in [0.4, 0.5) is 5.69 Å². The number of piperazine rings is 1. The van der Waals surface area contributed by atoms with Crippen molar-refractivity contribution >= 4 is 29.5 Å². The Morgan fingerprint density at radius 1 is 0.797 bits per heavy atom. The van der Waals surface area contributed by atoms with Crippen molar-refractivity contribution in [3.63, 3.8) is 0 Å². The summed E-state index contributed by atoms with van der Waals surface area (Å²) in [6.07, 6.45) is 29.4. The number of terminal acetylenes is 2. The van der Waals surface area contributed by atoms with E-state index in [1.165, 1.54) is 123 Å². The minimum absolute atomic E-state index is 0.577. The first kappa shape index (κ1) is 58.1. The van der Waals surface area contributed by atoms with E-state index in [-0.39, 0.29) is 0 Å². The number of nitrogens with zero attached hydrogens (tertiary/aromatic N) is 3. The normalized spacial score (nSPS) is 14.4. The molecule has 1 fully saturated rings. The number of para-hydroxylation sites is 1. The van der Waals surface area contributed by atoms with Crippen LogP contribution in [0.5, 0.6) is 5.75 Å². The molecule has 2 aliphatic heterocycles. The lowest BCUT2D eigenvalue weighted by Crippen LogP contribution is -2.59. The van der Waals surface area contributed by atoms with E-state index in [0.717, 1.165) is 35.7 Å². The van der Waals surface area contributed by atoms with Crippen LogP contribution in [0.1, 0.15) is 117 Å². The summed E-state index contributed by atoms with van der Waals surface area (Å²) in [4.78, 5) is 7.09. The molecule has 5 rings (SSSR count). The molecule has 0 saturated carbocycles. The van der Waals surface area contributed by atoms with Crippen LogP contribution in [0.3, 0.4) is 0 Å². The van der Waals surface area contributed by atoms with Crippen molar-refractivity contribution < 1.29 is 13.8 Å². The third-order valence-corrected chi connectivity index (χ3v) is 12.6. The zero-order valence-electron chi connectivity index (χ0n) is 39.5. The molecule has 2 heterocycles. The van der Waals surface area contributed by atoms with Gasteiger partial charge in [-0.05, 0) is 99.5 Å². The molecular formula is C52H86N3O2S2+. The number of likely N-dealkylation sites (N-methyl/N-ethyl adjacent to an activating group) is 1. The SMILES string of the molecule is C#C.C#C.CC.CC.CCCCC1(CCCC)CCc2cc(N(C)C)ccc2SC1.CCC[N+]1(CCCOc2ccccc2)CCN(C)CC1.Cc1ccc(SO)cc1. The minimum Gasteiger partial charge on any atom is -0.493 e. The van der Waals surface area contributed by atoms with Gasteiger partial charge in [0, 0.05) is 66.9 Å². The van der Waals surface area contributed by atoms with Gasteiger partial charge in [-0.25, -0.2) is 0 Å². The number of quaternary nitrogens is 1. The van der Waals surface area contributed by atoms with Crippen LogP contribution < -0.4 is 9.64 Å². The lowest BCUT2D eigenvalue weighted by atomic mass is 9.75. The predicted octanol–water partition coefficient (Wildman–Crippen LogP) is 13.9. The smallest absolute Gasteiger partial charge is 0.119 e. The number of ether oxygens (including phenoxy) is 1. The summed E-state index contributed by atoms with van der Waals surface area (Å²) >= 11 is 2.90. The topological polar surface area (TPSA) is 35.9 Å². The van der Waals surface area contributed by atoms with Crippen LogP contribution in [-0.2, 0) is 6.42 Å². The van der Waals surface area contributed by atoms with E-state index in [2.05, 4.69) is 107 Å². The van der Waals surface area contributed by atoms with E-state index in [1.54, 1.807) is 5.56 Å². The average Bonchev–Trinajstić information content (AvgIpc) is 3.48. The molecular weight excluding hydrogens is 763 g/mol. The maximum atomic E-state index is 8.55. The first-order chi connectivity index (χ1) is 28.7. The van der Waals surface area contributed by atoms with Gasteiger partial charge in [0.05, 0.1) is 32.8 Å². The summed E-state index contributed by atoms with van der Waals surface area (Å²) in [5.74, 6) is 2.31. The number of benzene rings is 3. The van der Waals surface area contributed by atoms with Gasteiger partial charge in [0.2, 0.25) is 0 Å². The zero-order valence-corrected chi connectivity index (χ0v) is 41.1. The summed E-state index contributed by atoms with van der Waals surface area (Å²) in [5, 5.41) is 0. The summed E-state index contributed by atoms with van der Waals surface area (Å²) in [7, 11) is 6.51. The molecule has 2 aliphatic rings. The number of hydrogen-bond donors (Lipinski definition) is 1. The van der Waals surface area contributed by atoms with Gasteiger partial charge >= 0.3 is 0 Å². The molecule has 1 saturated heterocycles. The largest absolute Gasteiger partial charge is 0.493 e.